The molecular weight excluding hydrogens is 459 g/mol. The highest BCUT2D eigenvalue weighted by Crippen LogP contribution is 2.36. The number of carbonyl (C=O) groups excluding carboxylic acids is 2. The third-order valence-electron chi connectivity index (χ3n) is 5.72. The van der Waals surface area contributed by atoms with Crippen LogP contribution < -0.4 is 16.4 Å². The van der Waals surface area contributed by atoms with Crippen molar-refractivity contribution in [3.8, 4) is 0 Å². The Balaban J connectivity index is 1.44. The zero-order valence-electron chi connectivity index (χ0n) is 19.1. The largest absolute Gasteiger partial charge is 0.379 e. The molecule has 1 aliphatic heterocycles. The summed E-state index contributed by atoms with van der Waals surface area (Å²) < 4.78 is 20.7. The topological polar surface area (TPSA) is 122 Å². The van der Waals surface area contributed by atoms with Crippen molar-refractivity contribution in [3.05, 3.63) is 57.9 Å². The second-order valence-electron chi connectivity index (χ2n) is 8.54. The van der Waals surface area contributed by atoms with E-state index >= 15 is 4.39 Å². The van der Waals surface area contributed by atoms with Crippen molar-refractivity contribution in [3.63, 3.8) is 0 Å². The number of carbonyl (C=O) groups is 2. The lowest BCUT2D eigenvalue weighted by atomic mass is 9.84. The lowest BCUT2D eigenvalue weighted by Gasteiger charge is -2.29. The second-order valence-corrected chi connectivity index (χ2v) is 9.60. The summed E-state index contributed by atoms with van der Waals surface area (Å²) >= 11 is 1.05. The molecule has 9 nitrogen and oxygen atoms in total. The first-order valence-corrected chi connectivity index (χ1v) is 11.7. The van der Waals surface area contributed by atoms with Gasteiger partial charge in [-0.1, -0.05) is 17.4 Å². The van der Waals surface area contributed by atoms with Gasteiger partial charge >= 0.3 is 0 Å². The summed E-state index contributed by atoms with van der Waals surface area (Å²) in [6.45, 7) is 6.98. The van der Waals surface area contributed by atoms with Gasteiger partial charge in [0, 0.05) is 37.9 Å². The highest BCUT2D eigenvalue weighted by molar-refractivity contribution is 7.17. The van der Waals surface area contributed by atoms with Gasteiger partial charge in [-0.3, -0.25) is 14.5 Å². The van der Waals surface area contributed by atoms with Gasteiger partial charge < -0.3 is 21.1 Å². The molecule has 0 bridgehead atoms. The monoisotopic (exact) mass is 486 g/mol. The molecule has 4 N–H and O–H groups in total. The molecular formula is C23H27FN6O3S. The minimum atomic E-state index is -1.90. The number of nitrogens with zero attached hydrogens (tertiary/aromatic N) is 3. The molecule has 1 unspecified atom stereocenters. The highest BCUT2D eigenvalue weighted by Gasteiger charge is 2.37. The molecule has 180 valence electrons. The van der Waals surface area contributed by atoms with Gasteiger partial charge in [-0.15, -0.1) is 0 Å². The number of anilines is 2. The molecule has 0 spiro atoms. The molecule has 4 rings (SSSR count). The molecule has 2 aromatic heterocycles. The Labute approximate surface area is 200 Å². The van der Waals surface area contributed by atoms with Gasteiger partial charge in [0.25, 0.3) is 11.8 Å². The van der Waals surface area contributed by atoms with E-state index in [4.69, 9.17) is 10.5 Å². The molecule has 3 heterocycles. The molecule has 0 aromatic carbocycles. The van der Waals surface area contributed by atoms with Crippen LogP contribution in [-0.4, -0.2) is 58.7 Å². The molecule has 2 amide bonds. The van der Waals surface area contributed by atoms with E-state index < -0.39 is 17.5 Å². The molecule has 1 fully saturated rings. The van der Waals surface area contributed by atoms with Crippen LogP contribution in [0.2, 0.25) is 0 Å². The van der Waals surface area contributed by atoms with Crippen LogP contribution in [0.25, 0.3) is 0 Å². The first-order valence-electron chi connectivity index (χ1n) is 10.9. The number of morpholine rings is 1. The summed E-state index contributed by atoms with van der Waals surface area (Å²) in [6.07, 6.45) is 4.42. The normalized spacial score (nSPS) is 21.2. The summed E-state index contributed by atoms with van der Waals surface area (Å²) in [5.41, 5.74) is 5.63. The van der Waals surface area contributed by atoms with Crippen molar-refractivity contribution >= 4 is 34.1 Å². The molecule has 2 aliphatic rings. The van der Waals surface area contributed by atoms with Crippen molar-refractivity contribution in [1.82, 2.24) is 20.2 Å². The van der Waals surface area contributed by atoms with Crippen LogP contribution in [0.4, 0.5) is 15.3 Å². The molecule has 0 radical (unpaired) electrons. The van der Waals surface area contributed by atoms with Crippen molar-refractivity contribution in [2.75, 3.05) is 37.4 Å². The van der Waals surface area contributed by atoms with Crippen LogP contribution >= 0.6 is 11.3 Å². The molecule has 1 aliphatic carbocycles. The van der Waals surface area contributed by atoms with Crippen LogP contribution in [0, 0.1) is 0 Å². The number of hydrogen-bond acceptors (Lipinski definition) is 8. The zero-order valence-corrected chi connectivity index (χ0v) is 19.9. The number of allylic oxidation sites excluding steroid dienone is 2. The fourth-order valence-electron chi connectivity index (χ4n) is 3.92. The number of rotatable bonds is 6. The number of amides is 2. The van der Waals surface area contributed by atoms with E-state index in [1.165, 1.54) is 19.2 Å². The number of hydrogen-bond donors (Lipinski definition) is 3. The molecule has 0 saturated carbocycles. The Hall–Kier alpha value is -3.15. The van der Waals surface area contributed by atoms with Crippen molar-refractivity contribution in [2.24, 2.45) is 0 Å². The molecule has 1 atom stereocenters. The third-order valence-corrected chi connectivity index (χ3v) is 6.55. The lowest BCUT2D eigenvalue weighted by molar-refractivity contribution is -0.114. The quantitative estimate of drug-likeness (QED) is 0.574. The average Bonchev–Trinajstić information content (AvgIpc) is 3.23. The summed E-state index contributed by atoms with van der Waals surface area (Å²) in [6, 6.07) is 3.59. The van der Waals surface area contributed by atoms with E-state index in [0.717, 1.165) is 36.5 Å². The standard InChI is InChI=1S/C23H27FN6O3S/c1-14-10-23(2,24)16(9-17(14)28-21(32)18-12-27-22(25)34-18)20(31)29-19-4-3-15(11-26-19)13-30-5-7-33-8-6-30/h3-4,9,11-12H,5-8,10,13H2,1-2H3,(H2,25,27)(H,28,32)(H,26,29,31). The number of nitrogens with two attached hydrogens (primary N) is 1. The Kier molecular flexibility index (Phi) is 7.05. The molecule has 2 aromatic rings. The number of halogens is 1. The van der Waals surface area contributed by atoms with Crippen molar-refractivity contribution in [2.45, 2.75) is 32.5 Å². The molecule has 34 heavy (non-hydrogen) atoms. The Morgan fingerprint density at radius 2 is 1.97 bits per heavy atom. The van der Waals surface area contributed by atoms with Gasteiger partial charge in [0.05, 0.1) is 25.0 Å². The van der Waals surface area contributed by atoms with Gasteiger partial charge in [0.2, 0.25) is 0 Å². The Morgan fingerprint density at radius 1 is 1.21 bits per heavy atom. The SMILES string of the molecule is CC1=C(NC(=O)c2cnc(N)s2)C=C(C(=O)Nc2ccc(CN3CCOCC3)cn2)C(C)(F)C1. The zero-order chi connectivity index (χ0) is 24.3. The van der Waals surface area contributed by atoms with Gasteiger partial charge in [-0.2, -0.15) is 0 Å². The van der Waals surface area contributed by atoms with E-state index in [2.05, 4.69) is 25.5 Å². The van der Waals surface area contributed by atoms with Crippen LogP contribution in [0.3, 0.4) is 0 Å². The fraction of sp³-hybridized carbons (Fsp3) is 0.391. The first-order chi connectivity index (χ1) is 16.2. The van der Waals surface area contributed by atoms with Crippen LogP contribution in [0.5, 0.6) is 0 Å². The lowest BCUT2D eigenvalue weighted by Crippen LogP contribution is -2.36. The summed E-state index contributed by atoms with van der Waals surface area (Å²) in [7, 11) is 0. The minimum Gasteiger partial charge on any atom is -0.379 e. The van der Waals surface area contributed by atoms with Crippen molar-refractivity contribution in [1.29, 1.82) is 0 Å². The predicted molar refractivity (Wildman–Crippen MR) is 128 cm³/mol. The number of ether oxygens (including phenoxy) is 1. The molecule has 1 saturated heterocycles. The maximum atomic E-state index is 15.4. The van der Waals surface area contributed by atoms with Crippen LogP contribution in [0.15, 0.2) is 47.4 Å². The maximum Gasteiger partial charge on any atom is 0.267 e. The number of aromatic nitrogens is 2. The van der Waals surface area contributed by atoms with E-state index in [1.807, 2.05) is 6.07 Å². The number of thiazole rings is 1. The third kappa shape index (κ3) is 5.66. The van der Waals surface area contributed by atoms with Gasteiger partial charge in [-0.05, 0) is 37.1 Å². The van der Waals surface area contributed by atoms with Crippen LogP contribution in [-0.2, 0) is 16.1 Å². The number of nitrogen functional groups attached to an aromatic ring is 1. The number of nitrogens with one attached hydrogen (secondary N) is 2. The van der Waals surface area contributed by atoms with E-state index in [9.17, 15) is 9.59 Å². The van der Waals surface area contributed by atoms with Gasteiger partial charge in [0.1, 0.15) is 16.4 Å². The smallest absolute Gasteiger partial charge is 0.267 e. The highest BCUT2D eigenvalue weighted by atomic mass is 32.1. The summed E-state index contributed by atoms with van der Waals surface area (Å²) in [5, 5.41) is 5.68. The molecule has 11 heteroatoms. The van der Waals surface area contributed by atoms with E-state index in [-0.39, 0.29) is 17.1 Å². The van der Waals surface area contributed by atoms with Gasteiger partial charge in [-0.25, -0.2) is 14.4 Å². The Morgan fingerprint density at radius 3 is 2.62 bits per heavy atom. The first kappa shape index (κ1) is 24.0. The van der Waals surface area contributed by atoms with Crippen LogP contribution in [0.1, 0.15) is 35.5 Å². The Bertz CT molecular complexity index is 1140. The van der Waals surface area contributed by atoms with E-state index in [1.54, 1.807) is 19.2 Å². The van der Waals surface area contributed by atoms with Crippen molar-refractivity contribution < 1.29 is 18.7 Å². The number of pyridine rings is 1. The fourth-order valence-corrected chi connectivity index (χ4v) is 4.50. The second kappa shape index (κ2) is 10.00. The minimum absolute atomic E-state index is 0.0292. The maximum absolute atomic E-state index is 15.4. The predicted octanol–water partition coefficient (Wildman–Crippen LogP) is 2.65. The van der Waals surface area contributed by atoms with E-state index in [0.29, 0.717) is 35.2 Å². The summed E-state index contributed by atoms with van der Waals surface area (Å²) in [5.74, 6) is -0.705. The number of alkyl halides is 1. The van der Waals surface area contributed by atoms with Gasteiger partial charge in [0.15, 0.2) is 5.13 Å². The average molecular weight is 487 g/mol. The summed E-state index contributed by atoms with van der Waals surface area (Å²) in [4.78, 5) is 36.2.